The molecule has 2 atom stereocenters. The summed E-state index contributed by atoms with van der Waals surface area (Å²) in [5, 5.41) is 9.17. The van der Waals surface area contributed by atoms with Crippen molar-refractivity contribution in [1.29, 1.82) is 5.26 Å². The quantitative estimate of drug-likeness (QED) is 0.701. The van der Waals surface area contributed by atoms with Crippen molar-refractivity contribution in [2.75, 3.05) is 0 Å². The van der Waals surface area contributed by atoms with Gasteiger partial charge in [0.25, 0.3) is 0 Å². The Balaban J connectivity index is 2.40. The summed E-state index contributed by atoms with van der Waals surface area (Å²) in [7, 11) is 0. The number of rotatable bonds is 1. The summed E-state index contributed by atoms with van der Waals surface area (Å²) in [6, 6.07) is 9.17. The van der Waals surface area contributed by atoms with Crippen molar-refractivity contribution in [2.24, 2.45) is 5.41 Å². The van der Waals surface area contributed by atoms with Gasteiger partial charge in [-0.25, -0.2) is 0 Å². The Hall–Kier alpha value is -1.29. The average Bonchev–Trinajstić information content (AvgIpc) is 2.90. The Labute approximate surface area is 104 Å². The van der Waals surface area contributed by atoms with Crippen LogP contribution in [0.25, 0.3) is 0 Å². The Kier molecular flexibility index (Phi) is 2.58. The van der Waals surface area contributed by atoms with E-state index in [2.05, 4.69) is 58.9 Å². The highest BCUT2D eigenvalue weighted by Gasteiger charge is 2.52. The van der Waals surface area contributed by atoms with E-state index < -0.39 is 0 Å². The molecule has 1 aromatic carbocycles. The predicted octanol–water partition coefficient (Wildman–Crippen LogP) is 4.31. The fourth-order valence-corrected chi connectivity index (χ4v) is 2.42. The largest absolute Gasteiger partial charge is 0.198 e. The second-order valence-electron chi connectivity index (χ2n) is 6.61. The zero-order valence-electron chi connectivity index (χ0n) is 11.5. The molecule has 0 heterocycles. The van der Waals surface area contributed by atoms with Crippen LogP contribution in [-0.2, 0) is 5.41 Å². The number of nitrogens with zero attached hydrogens (tertiary/aromatic N) is 1. The predicted molar refractivity (Wildman–Crippen MR) is 71.0 cm³/mol. The third kappa shape index (κ3) is 2.09. The molecule has 2 rings (SSSR count). The lowest BCUT2D eigenvalue weighted by molar-refractivity contribution is 0.588. The summed E-state index contributed by atoms with van der Waals surface area (Å²) < 4.78 is 0. The SMILES string of the molecule is Cc1ccc(C(C)(C)C)cc1C1CC1(C)C#N. The molecule has 0 aromatic heterocycles. The monoisotopic (exact) mass is 227 g/mol. The van der Waals surface area contributed by atoms with Crippen molar-refractivity contribution in [3.05, 3.63) is 34.9 Å². The number of aryl methyl sites for hydroxylation is 1. The molecule has 90 valence electrons. The van der Waals surface area contributed by atoms with Gasteiger partial charge in [-0.15, -0.1) is 0 Å². The van der Waals surface area contributed by atoms with E-state index in [9.17, 15) is 0 Å². The zero-order valence-corrected chi connectivity index (χ0v) is 11.5. The van der Waals surface area contributed by atoms with Gasteiger partial charge in [0.05, 0.1) is 11.5 Å². The van der Waals surface area contributed by atoms with Crippen molar-refractivity contribution in [3.63, 3.8) is 0 Å². The lowest BCUT2D eigenvalue weighted by atomic mass is 9.84. The second kappa shape index (κ2) is 3.60. The van der Waals surface area contributed by atoms with Crippen LogP contribution in [0.2, 0.25) is 0 Å². The van der Waals surface area contributed by atoms with Crippen LogP contribution in [0.3, 0.4) is 0 Å². The van der Waals surface area contributed by atoms with E-state index >= 15 is 0 Å². The molecule has 1 aliphatic carbocycles. The molecule has 1 nitrogen and oxygen atoms in total. The summed E-state index contributed by atoms with van der Waals surface area (Å²) in [4.78, 5) is 0. The van der Waals surface area contributed by atoms with E-state index in [0.29, 0.717) is 5.92 Å². The molecule has 17 heavy (non-hydrogen) atoms. The Morgan fingerprint density at radius 3 is 2.47 bits per heavy atom. The molecule has 1 fully saturated rings. The third-order valence-corrected chi connectivity index (χ3v) is 4.01. The molecule has 0 aliphatic heterocycles. The van der Waals surface area contributed by atoms with Crippen molar-refractivity contribution in [3.8, 4) is 6.07 Å². The molecule has 1 aliphatic rings. The van der Waals surface area contributed by atoms with Crippen LogP contribution in [0, 0.1) is 23.7 Å². The highest BCUT2D eigenvalue weighted by atomic mass is 14.5. The standard InChI is InChI=1S/C16H21N/c1-11-6-7-12(15(2,3)4)8-13(11)14-9-16(14,5)10-17/h6-8,14H,9H2,1-5H3. The van der Waals surface area contributed by atoms with Gasteiger partial charge in [-0.05, 0) is 42.4 Å². The number of benzene rings is 1. The van der Waals surface area contributed by atoms with E-state index in [0.717, 1.165) is 6.42 Å². The van der Waals surface area contributed by atoms with Gasteiger partial charge in [-0.3, -0.25) is 0 Å². The Bertz CT molecular complexity index is 487. The maximum atomic E-state index is 9.17. The number of hydrogen-bond acceptors (Lipinski definition) is 1. The molecule has 0 amide bonds. The number of nitriles is 1. The normalized spacial score (nSPS) is 27.6. The van der Waals surface area contributed by atoms with Crippen molar-refractivity contribution in [1.82, 2.24) is 0 Å². The van der Waals surface area contributed by atoms with Crippen LogP contribution >= 0.6 is 0 Å². The van der Waals surface area contributed by atoms with Crippen LogP contribution in [0.4, 0.5) is 0 Å². The van der Waals surface area contributed by atoms with Crippen LogP contribution in [0.15, 0.2) is 18.2 Å². The molecule has 0 radical (unpaired) electrons. The van der Waals surface area contributed by atoms with Gasteiger partial charge in [0, 0.05) is 5.92 Å². The topological polar surface area (TPSA) is 23.8 Å². The maximum Gasteiger partial charge on any atom is 0.0693 e. The van der Waals surface area contributed by atoms with Gasteiger partial charge in [0.1, 0.15) is 0 Å². The van der Waals surface area contributed by atoms with Gasteiger partial charge in [-0.1, -0.05) is 39.0 Å². The van der Waals surface area contributed by atoms with Crippen molar-refractivity contribution < 1.29 is 0 Å². The third-order valence-electron chi connectivity index (χ3n) is 4.01. The fourth-order valence-electron chi connectivity index (χ4n) is 2.42. The van der Waals surface area contributed by atoms with E-state index in [-0.39, 0.29) is 10.8 Å². The first-order valence-electron chi connectivity index (χ1n) is 6.30. The first-order chi connectivity index (χ1) is 7.78. The first-order valence-corrected chi connectivity index (χ1v) is 6.30. The summed E-state index contributed by atoms with van der Waals surface area (Å²) >= 11 is 0. The molecule has 1 aromatic rings. The summed E-state index contributed by atoms with van der Waals surface area (Å²) in [5.41, 5.74) is 4.12. The molecular formula is C16H21N. The molecule has 1 heteroatoms. The summed E-state index contributed by atoms with van der Waals surface area (Å²) in [6.45, 7) is 10.9. The van der Waals surface area contributed by atoms with Crippen LogP contribution < -0.4 is 0 Å². The maximum absolute atomic E-state index is 9.17. The van der Waals surface area contributed by atoms with E-state index in [1.807, 2.05) is 0 Å². The van der Waals surface area contributed by atoms with E-state index in [1.54, 1.807) is 0 Å². The second-order valence-corrected chi connectivity index (χ2v) is 6.61. The van der Waals surface area contributed by atoms with Crippen LogP contribution in [-0.4, -0.2) is 0 Å². The molecule has 0 bridgehead atoms. The summed E-state index contributed by atoms with van der Waals surface area (Å²) in [5.74, 6) is 0.440. The van der Waals surface area contributed by atoms with Gasteiger partial charge >= 0.3 is 0 Å². The average molecular weight is 227 g/mol. The van der Waals surface area contributed by atoms with Gasteiger partial charge < -0.3 is 0 Å². The first kappa shape index (κ1) is 12.2. The molecular weight excluding hydrogens is 206 g/mol. The molecule has 1 saturated carbocycles. The lowest BCUT2D eigenvalue weighted by Crippen LogP contribution is -2.12. The molecule has 0 spiro atoms. The number of hydrogen-bond donors (Lipinski definition) is 0. The van der Waals surface area contributed by atoms with Crippen molar-refractivity contribution in [2.45, 2.75) is 52.4 Å². The Morgan fingerprint density at radius 2 is 2.00 bits per heavy atom. The molecule has 0 saturated heterocycles. The molecule has 0 N–H and O–H groups in total. The summed E-state index contributed by atoms with van der Waals surface area (Å²) in [6.07, 6.45) is 1.01. The van der Waals surface area contributed by atoms with E-state index in [4.69, 9.17) is 5.26 Å². The zero-order chi connectivity index (χ0) is 12.8. The molecule has 2 unspecified atom stereocenters. The smallest absolute Gasteiger partial charge is 0.0693 e. The lowest BCUT2D eigenvalue weighted by Gasteiger charge is -2.21. The van der Waals surface area contributed by atoms with Gasteiger partial charge in [0.15, 0.2) is 0 Å². The minimum Gasteiger partial charge on any atom is -0.198 e. The minimum atomic E-state index is -0.124. The highest BCUT2D eigenvalue weighted by molar-refractivity contribution is 5.43. The van der Waals surface area contributed by atoms with E-state index in [1.165, 1.54) is 16.7 Å². The fraction of sp³-hybridized carbons (Fsp3) is 0.562. The van der Waals surface area contributed by atoms with Crippen LogP contribution in [0.5, 0.6) is 0 Å². The van der Waals surface area contributed by atoms with Gasteiger partial charge in [0.2, 0.25) is 0 Å². The van der Waals surface area contributed by atoms with Gasteiger partial charge in [-0.2, -0.15) is 5.26 Å². The minimum absolute atomic E-state index is 0.124. The van der Waals surface area contributed by atoms with Crippen molar-refractivity contribution >= 4 is 0 Å². The Morgan fingerprint density at radius 1 is 1.35 bits per heavy atom. The van der Waals surface area contributed by atoms with Crippen LogP contribution in [0.1, 0.15) is 56.7 Å². The highest BCUT2D eigenvalue weighted by Crippen LogP contribution is 2.59.